The highest BCUT2D eigenvalue weighted by Gasteiger charge is 2.40. The van der Waals surface area contributed by atoms with Gasteiger partial charge in [-0.15, -0.1) is 0 Å². The Morgan fingerprint density at radius 3 is 2.42 bits per heavy atom. The van der Waals surface area contributed by atoms with Crippen LogP contribution in [0, 0.1) is 5.92 Å². The van der Waals surface area contributed by atoms with Crippen LogP contribution in [0.4, 0.5) is 0 Å². The molecule has 2 rings (SSSR count). The van der Waals surface area contributed by atoms with Crippen molar-refractivity contribution in [2.24, 2.45) is 5.92 Å². The normalized spacial score (nSPS) is 36.3. The lowest BCUT2D eigenvalue weighted by Gasteiger charge is -2.43. The van der Waals surface area contributed by atoms with Crippen molar-refractivity contribution in [3.63, 3.8) is 0 Å². The smallest absolute Gasteiger partial charge is 0.109 e. The van der Waals surface area contributed by atoms with Gasteiger partial charge in [0.25, 0.3) is 0 Å². The van der Waals surface area contributed by atoms with E-state index < -0.39 is 24.4 Å². The van der Waals surface area contributed by atoms with Crippen molar-refractivity contribution in [3.05, 3.63) is 0 Å². The number of likely N-dealkylation sites (tertiary alicyclic amines) is 1. The fourth-order valence-corrected chi connectivity index (χ4v) is 4.50. The average molecular weight is 374 g/mol. The molecule has 1 saturated heterocycles. The summed E-state index contributed by atoms with van der Waals surface area (Å²) in [7, 11) is 0. The van der Waals surface area contributed by atoms with E-state index in [0.29, 0.717) is 19.2 Å². The fourth-order valence-electron chi connectivity index (χ4n) is 4.50. The Morgan fingerprint density at radius 1 is 0.962 bits per heavy atom. The van der Waals surface area contributed by atoms with Crippen LogP contribution in [0.15, 0.2) is 0 Å². The molecule has 0 bridgehead atoms. The van der Waals surface area contributed by atoms with Gasteiger partial charge in [0.05, 0.1) is 24.9 Å². The highest BCUT2D eigenvalue weighted by atomic mass is 16.5. The first-order valence-corrected chi connectivity index (χ1v) is 10.6. The van der Waals surface area contributed by atoms with Crippen LogP contribution in [-0.2, 0) is 4.74 Å². The van der Waals surface area contributed by atoms with Gasteiger partial charge in [0.2, 0.25) is 0 Å². The van der Waals surface area contributed by atoms with Crippen LogP contribution in [-0.4, -0.2) is 82.1 Å². The number of hydrogen-bond acceptors (Lipinski definition) is 6. The van der Waals surface area contributed by atoms with Crippen LogP contribution in [0.1, 0.15) is 64.7 Å². The molecule has 2 fully saturated rings. The average Bonchev–Trinajstić information content (AvgIpc) is 2.66. The summed E-state index contributed by atoms with van der Waals surface area (Å²) in [5.41, 5.74) is 0. The molecule has 0 spiro atoms. The number of rotatable bonds is 10. The number of hydrogen-bond donors (Lipinski definition) is 4. The lowest BCUT2D eigenvalue weighted by atomic mass is 9.85. The van der Waals surface area contributed by atoms with E-state index in [9.17, 15) is 20.4 Å². The molecule has 1 saturated carbocycles. The third-order valence-electron chi connectivity index (χ3n) is 6.25. The van der Waals surface area contributed by atoms with Gasteiger partial charge in [-0.1, -0.05) is 39.0 Å². The van der Waals surface area contributed by atoms with E-state index in [1.807, 2.05) is 4.90 Å². The fraction of sp³-hybridized carbons (Fsp3) is 1.00. The van der Waals surface area contributed by atoms with Gasteiger partial charge in [0.15, 0.2) is 0 Å². The van der Waals surface area contributed by atoms with Crippen LogP contribution in [0.5, 0.6) is 0 Å². The Hall–Kier alpha value is -0.240. The Morgan fingerprint density at radius 2 is 1.69 bits per heavy atom. The molecule has 2 unspecified atom stereocenters. The maximum absolute atomic E-state index is 9.99. The molecule has 0 radical (unpaired) electrons. The van der Waals surface area contributed by atoms with Crippen LogP contribution in [0.3, 0.4) is 0 Å². The van der Waals surface area contributed by atoms with E-state index in [1.54, 1.807) is 0 Å². The summed E-state index contributed by atoms with van der Waals surface area (Å²) in [6.45, 7) is 3.91. The molecule has 6 heteroatoms. The monoisotopic (exact) mass is 373 g/mol. The lowest BCUT2D eigenvalue weighted by Crippen LogP contribution is -2.62. The predicted molar refractivity (Wildman–Crippen MR) is 101 cm³/mol. The third-order valence-corrected chi connectivity index (χ3v) is 6.25. The molecule has 1 aliphatic carbocycles. The van der Waals surface area contributed by atoms with Gasteiger partial charge in [-0.25, -0.2) is 0 Å². The van der Waals surface area contributed by atoms with Crippen LogP contribution in [0.25, 0.3) is 0 Å². The zero-order chi connectivity index (χ0) is 18.9. The summed E-state index contributed by atoms with van der Waals surface area (Å²) >= 11 is 0. The summed E-state index contributed by atoms with van der Waals surface area (Å²) < 4.78 is 6.12. The summed E-state index contributed by atoms with van der Waals surface area (Å²) in [6.07, 6.45) is 7.83. The standard InChI is InChI=1S/C20H39NO5/c1-2-15-9-5-6-10-18(15)26-12-8-4-3-7-11-21-13-17(23)20(25)19(24)16(21)14-22/h15-20,22-25H,2-14H2,1H3/t15?,16-,17+,18?,19-,20-/m1/s1. The molecule has 2 aliphatic rings. The molecule has 154 valence electrons. The molecule has 0 amide bonds. The third kappa shape index (κ3) is 6.14. The van der Waals surface area contributed by atoms with Crippen LogP contribution < -0.4 is 0 Å². The SMILES string of the molecule is CCC1CCCCC1OCCCCCCN1C[C@H](O)[C@@H](O)[C@H](O)[C@H]1CO. The maximum atomic E-state index is 9.99. The number of nitrogens with zero attached hydrogens (tertiary/aromatic N) is 1. The number of ether oxygens (including phenoxy) is 1. The van der Waals surface area contributed by atoms with Gasteiger partial charge in [-0.05, 0) is 38.1 Å². The van der Waals surface area contributed by atoms with Crippen molar-refractivity contribution in [2.45, 2.75) is 95.2 Å². The molecule has 4 N–H and O–H groups in total. The molecule has 0 aromatic carbocycles. The molecule has 0 aromatic rings. The molecule has 1 aliphatic heterocycles. The second-order valence-corrected chi connectivity index (χ2v) is 8.07. The van der Waals surface area contributed by atoms with E-state index in [1.165, 1.54) is 32.1 Å². The minimum atomic E-state index is -1.17. The summed E-state index contributed by atoms with van der Waals surface area (Å²) in [5, 5.41) is 39.0. The minimum absolute atomic E-state index is 0.210. The van der Waals surface area contributed by atoms with Crippen molar-refractivity contribution >= 4 is 0 Å². The molecule has 6 atom stereocenters. The van der Waals surface area contributed by atoms with E-state index in [-0.39, 0.29) is 6.61 Å². The zero-order valence-electron chi connectivity index (χ0n) is 16.3. The summed E-state index contributed by atoms with van der Waals surface area (Å²) in [6, 6.07) is -0.492. The Bertz CT molecular complexity index is 383. The maximum Gasteiger partial charge on any atom is 0.109 e. The number of piperidine rings is 1. The van der Waals surface area contributed by atoms with Gasteiger partial charge in [-0.3, -0.25) is 4.90 Å². The quantitative estimate of drug-likeness (QED) is 0.431. The molecule has 6 nitrogen and oxygen atoms in total. The first kappa shape index (κ1) is 22.1. The second kappa shape index (κ2) is 11.6. The largest absolute Gasteiger partial charge is 0.395 e. The van der Waals surface area contributed by atoms with E-state index >= 15 is 0 Å². The molecular formula is C20H39NO5. The van der Waals surface area contributed by atoms with E-state index in [2.05, 4.69) is 6.92 Å². The van der Waals surface area contributed by atoms with Crippen molar-refractivity contribution in [3.8, 4) is 0 Å². The molecule has 26 heavy (non-hydrogen) atoms. The second-order valence-electron chi connectivity index (χ2n) is 8.07. The van der Waals surface area contributed by atoms with Crippen LogP contribution in [0.2, 0.25) is 0 Å². The highest BCUT2D eigenvalue weighted by molar-refractivity contribution is 4.94. The topological polar surface area (TPSA) is 93.4 Å². The van der Waals surface area contributed by atoms with Gasteiger partial charge >= 0.3 is 0 Å². The highest BCUT2D eigenvalue weighted by Crippen LogP contribution is 2.29. The van der Waals surface area contributed by atoms with E-state index in [4.69, 9.17) is 4.74 Å². The van der Waals surface area contributed by atoms with Crippen molar-refractivity contribution in [1.29, 1.82) is 0 Å². The Labute approximate surface area is 158 Å². The first-order chi connectivity index (χ1) is 12.6. The lowest BCUT2D eigenvalue weighted by molar-refractivity contribution is -0.145. The number of aliphatic hydroxyl groups is 4. The van der Waals surface area contributed by atoms with Gasteiger partial charge in [0, 0.05) is 13.2 Å². The van der Waals surface area contributed by atoms with Gasteiger partial charge < -0.3 is 25.2 Å². The van der Waals surface area contributed by atoms with E-state index in [0.717, 1.165) is 38.2 Å². The summed E-state index contributed by atoms with van der Waals surface area (Å²) in [4.78, 5) is 1.90. The van der Waals surface area contributed by atoms with Crippen molar-refractivity contribution < 1.29 is 25.2 Å². The van der Waals surface area contributed by atoms with Crippen LogP contribution >= 0.6 is 0 Å². The van der Waals surface area contributed by atoms with Crippen molar-refractivity contribution in [2.75, 3.05) is 26.3 Å². The molecule has 0 aromatic heterocycles. The Kier molecular flexibility index (Phi) is 9.81. The number of β-amino-alcohol motifs (C(OH)–C–C–N with tert-alkyl or cyclic N) is 1. The minimum Gasteiger partial charge on any atom is -0.395 e. The van der Waals surface area contributed by atoms with Gasteiger partial charge in [0.1, 0.15) is 12.2 Å². The molecular weight excluding hydrogens is 334 g/mol. The first-order valence-electron chi connectivity index (χ1n) is 10.6. The zero-order valence-corrected chi connectivity index (χ0v) is 16.3. The summed E-state index contributed by atoms with van der Waals surface area (Å²) in [5.74, 6) is 0.742. The number of aliphatic hydroxyl groups excluding tert-OH is 4. The van der Waals surface area contributed by atoms with Crippen molar-refractivity contribution in [1.82, 2.24) is 4.90 Å². The van der Waals surface area contributed by atoms with Gasteiger partial charge in [-0.2, -0.15) is 0 Å². The molecule has 1 heterocycles. The Balaban J connectivity index is 1.57. The number of unbranched alkanes of at least 4 members (excludes halogenated alkanes) is 3. The predicted octanol–water partition coefficient (Wildman–Crippen LogP) is 1.29.